The van der Waals surface area contributed by atoms with Gasteiger partial charge in [-0.3, -0.25) is 9.59 Å². The molecule has 0 fully saturated rings. The highest BCUT2D eigenvalue weighted by Gasteiger charge is 2.23. The number of ether oxygens (including phenoxy) is 1. The molecule has 2 amide bonds. The van der Waals surface area contributed by atoms with Crippen LogP contribution in [-0.4, -0.2) is 35.5 Å². The highest BCUT2D eigenvalue weighted by atomic mass is 16.5. The van der Waals surface area contributed by atoms with Gasteiger partial charge in [-0.2, -0.15) is 0 Å². The molecule has 138 valence electrons. The molecule has 0 spiro atoms. The maximum Gasteiger partial charge on any atom is 0.326 e. The zero-order valence-electron chi connectivity index (χ0n) is 14.4. The Labute approximate surface area is 150 Å². The number of hydrogen-bond donors (Lipinski definition) is 3. The fourth-order valence-corrected chi connectivity index (χ4v) is 2.14. The maximum atomic E-state index is 11.9. The lowest BCUT2D eigenvalue weighted by Crippen LogP contribution is -2.46. The smallest absolute Gasteiger partial charge is 0.326 e. The molecule has 0 radical (unpaired) electrons. The molecular weight excluding hydrogens is 340 g/mol. The molecule has 0 saturated carbocycles. The number of carboxylic acid groups (broad SMARTS) is 1. The molecule has 8 nitrogen and oxygen atoms in total. The normalized spacial score (nSPS) is 11.7. The van der Waals surface area contributed by atoms with Crippen LogP contribution in [0.5, 0.6) is 5.75 Å². The standard InChI is InChI=1S/C18H20N2O6/c1-11(2)16(18(23)24)20-15(21)10-26-13-6-3-5-12(9-13)19-17(22)14-7-4-8-25-14/h3-9,11,16H,10H2,1-2H3,(H,19,22)(H,20,21)(H,23,24)/t16-/m0/s1. The van der Waals surface area contributed by atoms with Gasteiger partial charge in [0.15, 0.2) is 12.4 Å². The van der Waals surface area contributed by atoms with Crippen molar-refractivity contribution in [3.63, 3.8) is 0 Å². The van der Waals surface area contributed by atoms with E-state index >= 15 is 0 Å². The van der Waals surface area contributed by atoms with Crippen molar-refractivity contribution >= 4 is 23.5 Å². The number of carboxylic acids is 1. The lowest BCUT2D eigenvalue weighted by molar-refractivity contribution is -0.143. The molecule has 1 aromatic heterocycles. The van der Waals surface area contributed by atoms with Gasteiger partial charge in [-0.15, -0.1) is 0 Å². The number of furan rings is 1. The second kappa shape index (κ2) is 8.70. The maximum absolute atomic E-state index is 11.9. The molecule has 0 aliphatic rings. The first-order valence-electron chi connectivity index (χ1n) is 7.96. The van der Waals surface area contributed by atoms with Crippen LogP contribution >= 0.6 is 0 Å². The quantitative estimate of drug-likeness (QED) is 0.664. The fraction of sp³-hybridized carbons (Fsp3) is 0.278. The summed E-state index contributed by atoms with van der Waals surface area (Å²) in [6, 6.07) is 8.64. The summed E-state index contributed by atoms with van der Waals surface area (Å²) in [6.45, 7) is 3.06. The van der Waals surface area contributed by atoms with Crippen LogP contribution in [0, 0.1) is 5.92 Å². The second-order valence-corrected chi connectivity index (χ2v) is 5.88. The molecule has 0 aliphatic carbocycles. The lowest BCUT2D eigenvalue weighted by atomic mass is 10.1. The molecule has 0 aliphatic heterocycles. The van der Waals surface area contributed by atoms with Crippen molar-refractivity contribution < 1.29 is 28.6 Å². The minimum absolute atomic E-state index is 0.170. The summed E-state index contributed by atoms with van der Waals surface area (Å²) < 4.78 is 10.4. The summed E-state index contributed by atoms with van der Waals surface area (Å²) in [5.41, 5.74) is 0.468. The van der Waals surface area contributed by atoms with Gasteiger partial charge in [-0.05, 0) is 30.2 Å². The Morgan fingerprint density at radius 1 is 1.19 bits per heavy atom. The zero-order chi connectivity index (χ0) is 19.1. The topological polar surface area (TPSA) is 118 Å². The number of benzene rings is 1. The fourth-order valence-electron chi connectivity index (χ4n) is 2.14. The van der Waals surface area contributed by atoms with Gasteiger partial charge in [0.05, 0.1) is 6.26 Å². The third-order valence-electron chi connectivity index (χ3n) is 3.46. The number of rotatable bonds is 8. The van der Waals surface area contributed by atoms with Gasteiger partial charge in [0.25, 0.3) is 11.8 Å². The number of anilines is 1. The van der Waals surface area contributed by atoms with Gasteiger partial charge < -0.3 is 24.9 Å². The van der Waals surface area contributed by atoms with Crippen molar-refractivity contribution in [2.75, 3.05) is 11.9 Å². The Kier molecular flexibility index (Phi) is 6.37. The van der Waals surface area contributed by atoms with E-state index in [1.807, 2.05) is 0 Å². The van der Waals surface area contributed by atoms with E-state index in [2.05, 4.69) is 10.6 Å². The van der Waals surface area contributed by atoms with Crippen molar-refractivity contribution in [2.24, 2.45) is 5.92 Å². The van der Waals surface area contributed by atoms with Crippen LogP contribution < -0.4 is 15.4 Å². The molecule has 2 aromatic rings. The van der Waals surface area contributed by atoms with Gasteiger partial charge in [0.2, 0.25) is 0 Å². The third-order valence-corrected chi connectivity index (χ3v) is 3.46. The molecule has 0 saturated heterocycles. The Bertz CT molecular complexity index is 770. The largest absolute Gasteiger partial charge is 0.484 e. The number of amides is 2. The first-order chi connectivity index (χ1) is 12.4. The Morgan fingerprint density at radius 2 is 1.96 bits per heavy atom. The molecule has 1 heterocycles. The van der Waals surface area contributed by atoms with Crippen LogP contribution in [0.2, 0.25) is 0 Å². The average molecular weight is 360 g/mol. The Hall–Kier alpha value is -3.29. The number of nitrogens with one attached hydrogen (secondary N) is 2. The third kappa shape index (κ3) is 5.37. The number of carbonyl (C=O) groups excluding carboxylic acids is 2. The number of carbonyl (C=O) groups is 3. The molecule has 0 unspecified atom stereocenters. The van der Waals surface area contributed by atoms with Crippen molar-refractivity contribution in [2.45, 2.75) is 19.9 Å². The average Bonchev–Trinajstić information content (AvgIpc) is 3.12. The molecule has 0 bridgehead atoms. The summed E-state index contributed by atoms with van der Waals surface area (Å²) in [5, 5.41) is 14.1. The minimum atomic E-state index is -1.10. The van der Waals surface area contributed by atoms with Gasteiger partial charge in [-0.1, -0.05) is 19.9 Å². The SMILES string of the molecule is CC(C)[C@H](NC(=O)COc1cccc(NC(=O)c2ccco2)c1)C(=O)O. The van der Waals surface area contributed by atoms with Crippen LogP contribution in [-0.2, 0) is 9.59 Å². The number of hydrogen-bond acceptors (Lipinski definition) is 5. The molecule has 26 heavy (non-hydrogen) atoms. The molecule has 1 aromatic carbocycles. The van der Waals surface area contributed by atoms with Crippen LogP contribution in [0.4, 0.5) is 5.69 Å². The first kappa shape index (κ1) is 19.0. The van der Waals surface area contributed by atoms with E-state index < -0.39 is 23.8 Å². The van der Waals surface area contributed by atoms with E-state index in [9.17, 15) is 14.4 Å². The monoisotopic (exact) mass is 360 g/mol. The van der Waals surface area contributed by atoms with E-state index in [0.717, 1.165) is 0 Å². The summed E-state index contributed by atoms with van der Waals surface area (Å²) in [5.74, 6) is -1.78. The van der Waals surface area contributed by atoms with E-state index in [4.69, 9.17) is 14.3 Å². The van der Waals surface area contributed by atoms with Crippen LogP contribution in [0.25, 0.3) is 0 Å². The predicted octanol–water partition coefficient (Wildman–Crippen LogP) is 2.14. The lowest BCUT2D eigenvalue weighted by Gasteiger charge is -2.18. The highest BCUT2D eigenvalue weighted by molar-refractivity contribution is 6.02. The Morgan fingerprint density at radius 3 is 2.58 bits per heavy atom. The van der Waals surface area contributed by atoms with Gasteiger partial charge >= 0.3 is 5.97 Å². The van der Waals surface area contributed by atoms with Crippen LogP contribution in [0.15, 0.2) is 47.1 Å². The van der Waals surface area contributed by atoms with E-state index in [-0.39, 0.29) is 18.3 Å². The van der Waals surface area contributed by atoms with Crippen LogP contribution in [0.3, 0.4) is 0 Å². The molecule has 1 atom stereocenters. The van der Waals surface area contributed by atoms with E-state index in [1.54, 1.807) is 44.2 Å². The molecule has 8 heteroatoms. The summed E-state index contributed by atoms with van der Waals surface area (Å²) in [7, 11) is 0. The van der Waals surface area contributed by atoms with Crippen molar-refractivity contribution in [3.05, 3.63) is 48.4 Å². The summed E-state index contributed by atoms with van der Waals surface area (Å²) >= 11 is 0. The van der Waals surface area contributed by atoms with E-state index in [0.29, 0.717) is 11.4 Å². The van der Waals surface area contributed by atoms with Crippen molar-refractivity contribution in [3.8, 4) is 5.75 Å². The predicted molar refractivity (Wildman–Crippen MR) is 93.0 cm³/mol. The van der Waals surface area contributed by atoms with Crippen LogP contribution in [0.1, 0.15) is 24.4 Å². The van der Waals surface area contributed by atoms with Crippen molar-refractivity contribution in [1.82, 2.24) is 5.32 Å². The van der Waals surface area contributed by atoms with E-state index in [1.165, 1.54) is 12.3 Å². The van der Waals surface area contributed by atoms with Crippen molar-refractivity contribution in [1.29, 1.82) is 0 Å². The summed E-state index contributed by atoms with van der Waals surface area (Å²) in [6.07, 6.45) is 1.40. The number of aliphatic carboxylic acids is 1. The Balaban J connectivity index is 1.91. The molecule has 3 N–H and O–H groups in total. The van der Waals surface area contributed by atoms with Gasteiger partial charge in [0.1, 0.15) is 11.8 Å². The minimum Gasteiger partial charge on any atom is -0.484 e. The summed E-state index contributed by atoms with van der Waals surface area (Å²) in [4.78, 5) is 34.9. The van der Waals surface area contributed by atoms with Gasteiger partial charge in [-0.25, -0.2) is 4.79 Å². The highest BCUT2D eigenvalue weighted by Crippen LogP contribution is 2.18. The first-order valence-corrected chi connectivity index (χ1v) is 7.96. The zero-order valence-corrected chi connectivity index (χ0v) is 14.4. The van der Waals surface area contributed by atoms with Gasteiger partial charge in [0, 0.05) is 11.8 Å². The second-order valence-electron chi connectivity index (χ2n) is 5.88. The molecular formula is C18H20N2O6. The molecule has 2 rings (SSSR count).